The largest absolute Gasteiger partial charge is 0.477 e. The van der Waals surface area contributed by atoms with Gasteiger partial charge in [0.2, 0.25) is 11.8 Å². The molecule has 3 aliphatic carbocycles. The molecule has 0 saturated heterocycles. The van der Waals surface area contributed by atoms with E-state index in [2.05, 4.69) is 9.97 Å². The van der Waals surface area contributed by atoms with E-state index in [0.717, 1.165) is 17.2 Å². The predicted molar refractivity (Wildman–Crippen MR) is 156 cm³/mol. The first-order chi connectivity index (χ1) is 21.0. The number of esters is 1. The average Bonchev–Trinajstić information content (AvgIpc) is 3.50. The van der Waals surface area contributed by atoms with Gasteiger partial charge in [0.15, 0.2) is 0 Å². The fraction of sp³-hybridized carbons (Fsp3) is 0.500. The number of carbonyl (C=O) groups is 1. The summed E-state index contributed by atoms with van der Waals surface area (Å²) >= 11 is 0. The van der Waals surface area contributed by atoms with Crippen molar-refractivity contribution in [2.75, 3.05) is 6.61 Å². The Labute approximate surface area is 258 Å². The van der Waals surface area contributed by atoms with Crippen molar-refractivity contribution in [3.05, 3.63) is 70.3 Å². The molecule has 0 bridgehead atoms. The first kappa shape index (κ1) is 31.3. The molecule has 3 atom stereocenters. The van der Waals surface area contributed by atoms with Crippen molar-refractivity contribution in [3.63, 3.8) is 0 Å². The summed E-state index contributed by atoms with van der Waals surface area (Å²) in [7, 11) is 0. The molecular formula is C34H36F4N2O5. The molecule has 11 heteroatoms. The van der Waals surface area contributed by atoms with Gasteiger partial charge in [0.25, 0.3) is 0 Å². The second kappa shape index (κ2) is 11.0. The monoisotopic (exact) mass is 628 g/mol. The summed E-state index contributed by atoms with van der Waals surface area (Å²) in [5.41, 5.74) is -0.229. The van der Waals surface area contributed by atoms with Crippen LogP contribution in [-0.2, 0) is 28.7 Å². The fourth-order valence-corrected chi connectivity index (χ4v) is 6.78. The smallest absolute Gasteiger partial charge is 0.417 e. The number of aliphatic hydroxyl groups is 1. The summed E-state index contributed by atoms with van der Waals surface area (Å²) in [4.78, 5) is 21.2. The van der Waals surface area contributed by atoms with Crippen LogP contribution in [0.1, 0.15) is 74.4 Å². The van der Waals surface area contributed by atoms with Gasteiger partial charge < -0.3 is 19.3 Å². The first-order valence-corrected chi connectivity index (χ1v) is 15.1. The van der Waals surface area contributed by atoms with E-state index in [1.54, 1.807) is 26.1 Å². The summed E-state index contributed by atoms with van der Waals surface area (Å²) in [5.74, 6) is -0.595. The summed E-state index contributed by atoms with van der Waals surface area (Å²) in [6.45, 7) is 8.83. The van der Waals surface area contributed by atoms with Crippen LogP contribution in [0.5, 0.6) is 11.8 Å². The minimum Gasteiger partial charge on any atom is -0.477 e. The van der Waals surface area contributed by atoms with E-state index in [-0.39, 0.29) is 64.7 Å². The van der Waals surface area contributed by atoms with Crippen molar-refractivity contribution in [3.8, 4) is 22.9 Å². The molecular weight excluding hydrogens is 592 g/mol. The van der Waals surface area contributed by atoms with E-state index < -0.39 is 28.8 Å². The quantitative estimate of drug-likeness (QED) is 0.213. The molecule has 240 valence electrons. The van der Waals surface area contributed by atoms with Gasteiger partial charge in [-0.2, -0.15) is 13.2 Å². The van der Waals surface area contributed by atoms with E-state index in [1.165, 1.54) is 12.1 Å². The average molecular weight is 629 g/mol. The molecule has 1 N–H and O–H groups in total. The highest BCUT2D eigenvalue weighted by Crippen LogP contribution is 2.62. The molecule has 7 nitrogen and oxygen atoms in total. The summed E-state index contributed by atoms with van der Waals surface area (Å²) in [6, 6.07) is 6.35. The molecule has 3 unspecified atom stereocenters. The molecule has 0 radical (unpaired) electrons. The Bertz CT molecular complexity index is 1640. The Kier molecular flexibility index (Phi) is 7.61. The van der Waals surface area contributed by atoms with Gasteiger partial charge in [0.05, 0.1) is 23.7 Å². The van der Waals surface area contributed by atoms with Gasteiger partial charge in [-0.25, -0.2) is 14.4 Å². The highest BCUT2D eigenvalue weighted by Gasteiger charge is 2.61. The molecule has 6 rings (SSSR count). The van der Waals surface area contributed by atoms with Crippen molar-refractivity contribution in [2.45, 2.75) is 83.8 Å². The number of carbonyl (C=O) groups excluding carboxylic acids is 1. The van der Waals surface area contributed by atoms with E-state index in [9.17, 15) is 23.1 Å². The normalized spacial score (nSPS) is 25.2. The molecule has 0 spiro atoms. The number of fused-ring (bicyclic) bond motifs is 3. The lowest BCUT2D eigenvalue weighted by molar-refractivity contribution is -0.157. The molecule has 2 aromatic heterocycles. The Morgan fingerprint density at radius 1 is 1.07 bits per heavy atom. The molecule has 2 heterocycles. The first-order valence-electron chi connectivity index (χ1n) is 15.1. The van der Waals surface area contributed by atoms with Crippen molar-refractivity contribution in [2.24, 2.45) is 17.8 Å². The Balaban J connectivity index is 1.17. The van der Waals surface area contributed by atoms with Crippen molar-refractivity contribution < 1.29 is 41.7 Å². The van der Waals surface area contributed by atoms with Crippen LogP contribution in [0.3, 0.4) is 0 Å². The second-order valence-corrected chi connectivity index (χ2v) is 13.8. The van der Waals surface area contributed by atoms with Gasteiger partial charge in [0, 0.05) is 41.1 Å². The number of rotatable bonds is 8. The third kappa shape index (κ3) is 6.50. The standard InChI is InChI=1S/C34H36F4N2O5/c1-17-21(6-7-27(40-17)43-15-18-12-33(5,42)13-18)22-9-20(26(35)11-25(22)34(36,37)38)16-44-28-10-19-8-23-29(24(19)14-39-28)30(23)31(41)45-32(2,3)4/h6-7,9-11,14,18,23,29-30,42H,8,12-13,15-16H2,1-5H3. The number of aromatic nitrogens is 2. The van der Waals surface area contributed by atoms with Crippen LogP contribution in [-0.4, -0.2) is 38.9 Å². The minimum atomic E-state index is -4.81. The highest BCUT2D eigenvalue weighted by atomic mass is 19.4. The number of hydrogen-bond acceptors (Lipinski definition) is 7. The lowest BCUT2D eigenvalue weighted by Gasteiger charge is -2.40. The van der Waals surface area contributed by atoms with Gasteiger partial charge in [-0.15, -0.1) is 0 Å². The number of nitrogens with zero attached hydrogens (tertiary/aromatic N) is 2. The van der Waals surface area contributed by atoms with E-state index in [1.807, 2.05) is 20.8 Å². The fourth-order valence-electron chi connectivity index (χ4n) is 6.78. The minimum absolute atomic E-state index is 0.0505. The maximum absolute atomic E-state index is 15.0. The third-order valence-corrected chi connectivity index (χ3v) is 8.80. The number of aryl methyl sites for hydroxylation is 1. The second-order valence-electron chi connectivity index (χ2n) is 13.8. The number of pyridine rings is 2. The number of halogens is 4. The number of alkyl halides is 3. The molecule has 2 fully saturated rings. The van der Waals surface area contributed by atoms with Gasteiger partial charge in [0.1, 0.15) is 18.0 Å². The highest BCUT2D eigenvalue weighted by molar-refractivity contribution is 5.80. The molecule has 3 aromatic rings. The van der Waals surface area contributed by atoms with E-state index >= 15 is 4.39 Å². The zero-order valence-corrected chi connectivity index (χ0v) is 25.8. The van der Waals surface area contributed by atoms with Crippen LogP contribution in [0.25, 0.3) is 11.1 Å². The van der Waals surface area contributed by atoms with Gasteiger partial charge in [-0.3, -0.25) is 4.79 Å². The zero-order chi connectivity index (χ0) is 32.5. The van der Waals surface area contributed by atoms with Gasteiger partial charge in [-0.1, -0.05) is 0 Å². The maximum atomic E-state index is 15.0. The van der Waals surface area contributed by atoms with Crippen LogP contribution in [0, 0.1) is 30.5 Å². The van der Waals surface area contributed by atoms with Gasteiger partial charge >= 0.3 is 12.1 Å². The molecule has 1 aromatic carbocycles. The Morgan fingerprint density at radius 2 is 1.80 bits per heavy atom. The maximum Gasteiger partial charge on any atom is 0.417 e. The summed E-state index contributed by atoms with van der Waals surface area (Å²) in [5, 5.41) is 9.91. The van der Waals surface area contributed by atoms with E-state index in [0.29, 0.717) is 37.6 Å². The van der Waals surface area contributed by atoms with Crippen LogP contribution in [0.4, 0.5) is 17.6 Å². The van der Waals surface area contributed by atoms with Crippen LogP contribution in [0.15, 0.2) is 36.5 Å². The Morgan fingerprint density at radius 3 is 2.44 bits per heavy atom. The predicted octanol–water partition coefficient (Wildman–Crippen LogP) is 6.96. The summed E-state index contributed by atoms with van der Waals surface area (Å²) in [6.07, 6.45) is -1.28. The van der Waals surface area contributed by atoms with Crippen LogP contribution >= 0.6 is 0 Å². The number of hydrogen-bond donors (Lipinski definition) is 1. The lowest BCUT2D eigenvalue weighted by atomic mass is 9.73. The van der Waals surface area contributed by atoms with Gasteiger partial charge in [-0.05, 0) is 101 Å². The molecule has 0 aliphatic heterocycles. The van der Waals surface area contributed by atoms with E-state index in [4.69, 9.17) is 14.2 Å². The number of benzene rings is 1. The van der Waals surface area contributed by atoms with Crippen molar-refractivity contribution in [1.29, 1.82) is 0 Å². The zero-order valence-electron chi connectivity index (χ0n) is 25.8. The number of ether oxygens (including phenoxy) is 3. The van der Waals surface area contributed by atoms with Crippen LogP contribution < -0.4 is 9.47 Å². The molecule has 0 amide bonds. The SMILES string of the molecule is Cc1nc(OCC2CC(C)(O)C2)ccc1-c1cc(COc2cc3c(cn2)C2C(C3)C2C(=O)OC(C)(C)C)c(F)cc1C(F)(F)F. The topological polar surface area (TPSA) is 90.8 Å². The molecule has 2 saturated carbocycles. The lowest BCUT2D eigenvalue weighted by Crippen LogP contribution is -2.43. The summed E-state index contributed by atoms with van der Waals surface area (Å²) < 4.78 is 74.2. The Hall–Kier alpha value is -3.73. The van der Waals surface area contributed by atoms with Crippen LogP contribution in [0.2, 0.25) is 0 Å². The molecule has 45 heavy (non-hydrogen) atoms. The van der Waals surface area contributed by atoms with Crippen molar-refractivity contribution in [1.82, 2.24) is 9.97 Å². The molecule has 3 aliphatic rings. The third-order valence-electron chi connectivity index (χ3n) is 8.80. The van der Waals surface area contributed by atoms with Crippen molar-refractivity contribution >= 4 is 5.97 Å².